The molecule has 6 nitrogen and oxygen atoms in total. The molecule has 1 heterocycles. The minimum Gasteiger partial charge on any atom is -0.444 e. The molecular formula is C25H37F2N3O3. The van der Waals surface area contributed by atoms with Gasteiger partial charge in [0.15, 0.2) is 0 Å². The van der Waals surface area contributed by atoms with Crippen LogP contribution in [-0.2, 0) is 4.74 Å². The Labute approximate surface area is 195 Å². The number of allylic oxidation sites excluding steroid dienone is 1. The van der Waals surface area contributed by atoms with Crippen molar-refractivity contribution in [3.05, 3.63) is 36.0 Å². The van der Waals surface area contributed by atoms with Gasteiger partial charge >= 0.3 is 12.2 Å². The number of carbonyl (C=O) groups excluding carboxylic acids is 1. The van der Waals surface area contributed by atoms with Gasteiger partial charge in [-0.2, -0.15) is 8.78 Å². The first kappa shape index (κ1) is 26.6. The number of benzene rings is 1. The van der Waals surface area contributed by atoms with E-state index in [0.717, 1.165) is 18.4 Å². The standard InChI is InChI=1S/C25H37F2N3O3/c1-17(2)18(3)25(26,27)32-22-9-7-21(8-10-22)29-16-20(15-28)19-11-13-30(14-12-19)23(31)33-24(4,5)6/h7-10,15-19H,11-14,28H2,1-6H3/b20-15+,29-16?. The van der Waals surface area contributed by atoms with Gasteiger partial charge in [-0.25, -0.2) is 4.79 Å². The molecule has 1 amide bonds. The molecule has 1 aromatic carbocycles. The molecule has 1 saturated heterocycles. The number of amides is 1. The van der Waals surface area contributed by atoms with Gasteiger partial charge in [-0.3, -0.25) is 4.99 Å². The Bertz CT molecular complexity index is 837. The van der Waals surface area contributed by atoms with Crippen molar-refractivity contribution in [3.8, 4) is 5.75 Å². The monoisotopic (exact) mass is 465 g/mol. The van der Waals surface area contributed by atoms with Crippen molar-refractivity contribution in [2.24, 2.45) is 28.5 Å². The van der Waals surface area contributed by atoms with Gasteiger partial charge in [-0.15, -0.1) is 0 Å². The predicted octanol–water partition coefficient (Wildman–Crippen LogP) is 6.14. The average molecular weight is 466 g/mol. The summed E-state index contributed by atoms with van der Waals surface area (Å²) in [7, 11) is 0. The molecule has 0 aliphatic carbocycles. The molecule has 1 atom stereocenters. The maximum absolute atomic E-state index is 14.2. The molecule has 0 bridgehead atoms. The van der Waals surface area contributed by atoms with Crippen LogP contribution in [0.5, 0.6) is 5.75 Å². The van der Waals surface area contributed by atoms with Crippen LogP contribution in [0.1, 0.15) is 54.4 Å². The topological polar surface area (TPSA) is 77.2 Å². The highest BCUT2D eigenvalue weighted by Gasteiger charge is 2.40. The first-order valence-corrected chi connectivity index (χ1v) is 11.4. The van der Waals surface area contributed by atoms with Crippen molar-refractivity contribution in [3.63, 3.8) is 0 Å². The van der Waals surface area contributed by atoms with Crippen molar-refractivity contribution >= 4 is 18.0 Å². The van der Waals surface area contributed by atoms with Gasteiger partial charge in [-0.1, -0.05) is 20.8 Å². The lowest BCUT2D eigenvalue weighted by Crippen LogP contribution is -2.42. The number of rotatable bonds is 7. The van der Waals surface area contributed by atoms with E-state index < -0.39 is 17.6 Å². The largest absolute Gasteiger partial charge is 0.444 e. The molecular weight excluding hydrogens is 428 g/mol. The quantitative estimate of drug-likeness (QED) is 0.491. The number of carbonyl (C=O) groups is 1. The minimum absolute atomic E-state index is 0.0931. The molecule has 0 radical (unpaired) electrons. The van der Waals surface area contributed by atoms with Crippen LogP contribution >= 0.6 is 0 Å². The van der Waals surface area contributed by atoms with E-state index in [1.807, 2.05) is 20.8 Å². The summed E-state index contributed by atoms with van der Waals surface area (Å²) in [6, 6.07) is 6.22. The number of halogens is 2. The van der Waals surface area contributed by atoms with E-state index in [4.69, 9.17) is 15.2 Å². The van der Waals surface area contributed by atoms with Crippen molar-refractivity contribution in [1.82, 2.24) is 4.90 Å². The molecule has 1 aliphatic rings. The zero-order chi connectivity index (χ0) is 24.8. The fourth-order valence-corrected chi connectivity index (χ4v) is 3.39. The fraction of sp³-hybridized carbons (Fsp3) is 0.600. The minimum atomic E-state index is -3.25. The predicted molar refractivity (Wildman–Crippen MR) is 127 cm³/mol. The van der Waals surface area contributed by atoms with Gasteiger partial charge in [0.2, 0.25) is 0 Å². The number of hydrogen-bond acceptors (Lipinski definition) is 5. The summed E-state index contributed by atoms with van der Waals surface area (Å²) in [6.07, 6.45) is 1.18. The van der Waals surface area contributed by atoms with Crippen LogP contribution in [0, 0.1) is 17.8 Å². The third-order valence-electron chi connectivity index (χ3n) is 5.79. The molecule has 0 spiro atoms. The second kappa shape index (κ2) is 11.0. The molecule has 8 heteroatoms. The van der Waals surface area contributed by atoms with Crippen LogP contribution in [0.4, 0.5) is 19.3 Å². The molecule has 1 fully saturated rings. The van der Waals surface area contributed by atoms with Crippen molar-refractivity contribution in [2.45, 2.75) is 66.1 Å². The van der Waals surface area contributed by atoms with E-state index in [0.29, 0.717) is 18.8 Å². The third-order valence-corrected chi connectivity index (χ3v) is 5.79. The number of nitrogens with zero attached hydrogens (tertiary/aromatic N) is 2. The Morgan fingerprint density at radius 1 is 1.15 bits per heavy atom. The summed E-state index contributed by atoms with van der Waals surface area (Å²) >= 11 is 0. The fourth-order valence-electron chi connectivity index (χ4n) is 3.39. The highest BCUT2D eigenvalue weighted by Crippen LogP contribution is 2.33. The Morgan fingerprint density at radius 2 is 1.73 bits per heavy atom. The number of hydrogen-bond donors (Lipinski definition) is 1. The number of likely N-dealkylation sites (tertiary alicyclic amines) is 1. The lowest BCUT2D eigenvalue weighted by molar-refractivity contribution is -0.220. The lowest BCUT2D eigenvalue weighted by atomic mass is 9.90. The smallest absolute Gasteiger partial charge is 0.410 e. The summed E-state index contributed by atoms with van der Waals surface area (Å²) in [5, 5.41) is 0. The Balaban J connectivity index is 1.94. The van der Waals surface area contributed by atoms with Gasteiger partial charge in [0.05, 0.1) is 11.6 Å². The first-order valence-electron chi connectivity index (χ1n) is 11.4. The second-order valence-corrected chi connectivity index (χ2v) is 9.86. The zero-order valence-electron chi connectivity index (χ0n) is 20.5. The van der Waals surface area contributed by atoms with Crippen LogP contribution in [-0.4, -0.2) is 42.0 Å². The molecule has 2 N–H and O–H groups in total. The lowest BCUT2D eigenvalue weighted by Gasteiger charge is -2.33. The molecule has 1 aromatic rings. The van der Waals surface area contributed by atoms with Crippen molar-refractivity contribution < 1.29 is 23.0 Å². The molecule has 0 saturated carbocycles. The van der Waals surface area contributed by atoms with E-state index in [-0.39, 0.29) is 23.7 Å². The number of alkyl halides is 2. The number of aliphatic imine (C=N–C) groups is 1. The number of nitrogens with two attached hydrogens (primary N) is 1. The number of ether oxygens (including phenoxy) is 2. The van der Waals surface area contributed by atoms with Crippen LogP contribution in [0.2, 0.25) is 0 Å². The molecule has 33 heavy (non-hydrogen) atoms. The average Bonchev–Trinajstić information content (AvgIpc) is 2.73. The van der Waals surface area contributed by atoms with Gasteiger partial charge in [0.1, 0.15) is 11.4 Å². The Morgan fingerprint density at radius 3 is 2.21 bits per heavy atom. The molecule has 184 valence electrons. The molecule has 0 aromatic heterocycles. The van der Waals surface area contributed by atoms with Gasteiger partial charge in [-0.05, 0) is 81.5 Å². The Kier molecular flexibility index (Phi) is 8.86. The summed E-state index contributed by atoms with van der Waals surface area (Å²) < 4.78 is 38.8. The van der Waals surface area contributed by atoms with E-state index in [1.165, 1.54) is 25.3 Å². The van der Waals surface area contributed by atoms with Crippen LogP contribution < -0.4 is 10.5 Å². The van der Waals surface area contributed by atoms with E-state index in [2.05, 4.69) is 4.99 Å². The van der Waals surface area contributed by atoms with Crippen molar-refractivity contribution in [1.29, 1.82) is 0 Å². The maximum atomic E-state index is 14.2. The maximum Gasteiger partial charge on any atom is 0.410 e. The van der Waals surface area contributed by atoms with Crippen LogP contribution in [0.3, 0.4) is 0 Å². The summed E-state index contributed by atoms with van der Waals surface area (Å²) in [5.41, 5.74) is 6.78. The van der Waals surface area contributed by atoms with Gasteiger partial charge in [0.25, 0.3) is 0 Å². The van der Waals surface area contributed by atoms with Crippen molar-refractivity contribution in [2.75, 3.05) is 13.1 Å². The molecule has 2 rings (SSSR count). The molecule has 1 aliphatic heterocycles. The van der Waals surface area contributed by atoms with E-state index >= 15 is 0 Å². The van der Waals surface area contributed by atoms with Gasteiger partial charge < -0.3 is 20.1 Å². The van der Waals surface area contributed by atoms with Gasteiger partial charge in [0, 0.05) is 19.3 Å². The highest BCUT2D eigenvalue weighted by atomic mass is 19.3. The third kappa shape index (κ3) is 8.02. The molecule has 1 unspecified atom stereocenters. The SMILES string of the molecule is CC(C)C(C)C(F)(F)Oc1ccc(N=C/C(=C\N)C2CCN(C(=O)OC(C)(C)C)CC2)cc1. The Hall–Kier alpha value is -2.64. The number of piperidine rings is 1. The van der Waals surface area contributed by atoms with E-state index in [9.17, 15) is 13.6 Å². The summed E-state index contributed by atoms with van der Waals surface area (Å²) in [5.74, 6) is -0.845. The first-order chi connectivity index (χ1) is 15.3. The summed E-state index contributed by atoms with van der Waals surface area (Å²) in [6.45, 7) is 11.7. The zero-order valence-corrected chi connectivity index (χ0v) is 20.5. The van der Waals surface area contributed by atoms with Crippen LogP contribution in [0.25, 0.3) is 0 Å². The highest BCUT2D eigenvalue weighted by molar-refractivity contribution is 5.81. The van der Waals surface area contributed by atoms with E-state index in [1.54, 1.807) is 37.1 Å². The normalized spacial score (nSPS) is 17.5. The second-order valence-electron chi connectivity index (χ2n) is 9.86. The summed E-state index contributed by atoms with van der Waals surface area (Å²) in [4.78, 5) is 18.4. The van der Waals surface area contributed by atoms with Crippen LogP contribution in [0.15, 0.2) is 41.0 Å².